The summed E-state index contributed by atoms with van der Waals surface area (Å²) in [6, 6.07) is 10.6. The van der Waals surface area contributed by atoms with E-state index in [0.29, 0.717) is 11.8 Å². The fraction of sp³-hybridized carbons (Fsp3) is 0.500. The Morgan fingerprint density at radius 1 is 1.30 bits per heavy atom. The molecule has 1 N–H and O–H groups in total. The number of hydrogen-bond acceptors (Lipinski definition) is 4. The van der Waals surface area contributed by atoms with E-state index in [1.807, 2.05) is 13.1 Å². The maximum atomic E-state index is 5.48. The fourth-order valence-electron chi connectivity index (χ4n) is 2.77. The summed E-state index contributed by atoms with van der Waals surface area (Å²) in [5.74, 6) is 2.96. The van der Waals surface area contributed by atoms with E-state index in [0.717, 1.165) is 11.7 Å². The van der Waals surface area contributed by atoms with Gasteiger partial charge in [0.15, 0.2) is 5.82 Å². The van der Waals surface area contributed by atoms with Gasteiger partial charge in [-0.3, -0.25) is 0 Å². The van der Waals surface area contributed by atoms with Gasteiger partial charge in [-0.05, 0) is 24.9 Å². The highest BCUT2D eigenvalue weighted by Crippen LogP contribution is 2.45. The van der Waals surface area contributed by atoms with Crippen molar-refractivity contribution in [3.05, 3.63) is 47.6 Å². The van der Waals surface area contributed by atoms with Gasteiger partial charge < -0.3 is 9.84 Å². The van der Waals surface area contributed by atoms with Gasteiger partial charge in [-0.25, -0.2) is 0 Å². The van der Waals surface area contributed by atoms with Crippen molar-refractivity contribution in [1.29, 1.82) is 0 Å². The molecular formula is C16H21N3O. The smallest absolute Gasteiger partial charge is 0.231 e. The molecule has 0 bridgehead atoms. The van der Waals surface area contributed by atoms with Gasteiger partial charge in [0.1, 0.15) is 0 Å². The Kier molecular flexibility index (Phi) is 3.57. The summed E-state index contributed by atoms with van der Waals surface area (Å²) in [5.41, 5.74) is 1.24. The van der Waals surface area contributed by atoms with E-state index in [2.05, 4.69) is 53.6 Å². The van der Waals surface area contributed by atoms with Crippen LogP contribution in [0, 0.1) is 5.92 Å². The third-order valence-electron chi connectivity index (χ3n) is 4.26. The highest BCUT2D eigenvalue weighted by Gasteiger charge is 2.38. The van der Waals surface area contributed by atoms with Crippen molar-refractivity contribution in [2.24, 2.45) is 5.92 Å². The van der Waals surface area contributed by atoms with E-state index in [9.17, 15) is 0 Å². The molecule has 0 radical (unpaired) electrons. The number of nitrogens with one attached hydrogen (secondary N) is 1. The van der Waals surface area contributed by atoms with Crippen LogP contribution in [0.4, 0.5) is 0 Å². The normalized spacial score (nSPS) is 24.4. The van der Waals surface area contributed by atoms with Crippen molar-refractivity contribution < 1.29 is 4.52 Å². The van der Waals surface area contributed by atoms with E-state index in [1.165, 1.54) is 12.0 Å². The van der Waals surface area contributed by atoms with E-state index in [-0.39, 0.29) is 12.0 Å². The SMILES string of the molecule is CNC(c1ccccc1)C(C)c1nc(C2CC2C)no1. The lowest BCUT2D eigenvalue weighted by molar-refractivity contribution is 0.328. The van der Waals surface area contributed by atoms with Crippen molar-refractivity contribution in [3.63, 3.8) is 0 Å². The maximum absolute atomic E-state index is 5.48. The molecule has 4 unspecified atom stereocenters. The van der Waals surface area contributed by atoms with Crippen LogP contribution in [0.5, 0.6) is 0 Å². The van der Waals surface area contributed by atoms with Gasteiger partial charge in [-0.2, -0.15) is 4.98 Å². The molecule has 1 aromatic carbocycles. The predicted octanol–water partition coefficient (Wildman–Crippen LogP) is 3.26. The molecule has 4 atom stereocenters. The minimum absolute atomic E-state index is 0.151. The molecule has 1 aromatic heterocycles. The first-order valence-corrected chi connectivity index (χ1v) is 7.26. The van der Waals surface area contributed by atoms with Crippen molar-refractivity contribution in [1.82, 2.24) is 15.5 Å². The summed E-state index contributed by atoms with van der Waals surface area (Å²) >= 11 is 0. The Morgan fingerprint density at radius 3 is 2.60 bits per heavy atom. The van der Waals surface area contributed by atoms with Crippen molar-refractivity contribution >= 4 is 0 Å². The Morgan fingerprint density at radius 2 is 2.00 bits per heavy atom. The second-order valence-electron chi connectivity index (χ2n) is 5.78. The first-order valence-electron chi connectivity index (χ1n) is 7.26. The van der Waals surface area contributed by atoms with Gasteiger partial charge in [-0.1, -0.05) is 49.3 Å². The summed E-state index contributed by atoms with van der Waals surface area (Å²) in [6.45, 7) is 4.35. The first-order chi connectivity index (χ1) is 9.70. The number of rotatable bonds is 5. The average Bonchev–Trinajstić information content (AvgIpc) is 3.02. The Balaban J connectivity index is 1.79. The molecule has 4 nitrogen and oxygen atoms in total. The zero-order chi connectivity index (χ0) is 14.1. The standard InChI is InChI=1S/C16H21N3O/c1-10-9-13(10)15-18-16(20-19-15)11(2)14(17-3)12-7-5-4-6-8-12/h4-8,10-11,13-14,17H,9H2,1-3H3. The second kappa shape index (κ2) is 5.37. The molecule has 0 aliphatic heterocycles. The van der Waals surface area contributed by atoms with E-state index in [4.69, 9.17) is 4.52 Å². The van der Waals surface area contributed by atoms with Gasteiger partial charge in [0.2, 0.25) is 5.89 Å². The topological polar surface area (TPSA) is 51.0 Å². The molecule has 2 aromatic rings. The molecule has 0 spiro atoms. The van der Waals surface area contributed by atoms with Crippen LogP contribution < -0.4 is 5.32 Å². The molecule has 106 valence electrons. The monoisotopic (exact) mass is 271 g/mol. The number of likely N-dealkylation sites (N-methyl/N-ethyl adjacent to an activating group) is 1. The largest absolute Gasteiger partial charge is 0.339 e. The van der Waals surface area contributed by atoms with Crippen molar-refractivity contribution in [2.45, 2.75) is 38.1 Å². The summed E-state index contributed by atoms with van der Waals surface area (Å²) in [5, 5.41) is 7.50. The third-order valence-corrected chi connectivity index (χ3v) is 4.26. The highest BCUT2D eigenvalue weighted by atomic mass is 16.5. The van der Waals surface area contributed by atoms with Crippen LogP contribution in [0.25, 0.3) is 0 Å². The Labute approximate surface area is 119 Å². The number of benzene rings is 1. The molecule has 1 aliphatic carbocycles. The summed E-state index contributed by atoms with van der Waals surface area (Å²) in [7, 11) is 1.97. The van der Waals surface area contributed by atoms with E-state index >= 15 is 0 Å². The first kappa shape index (κ1) is 13.3. The lowest BCUT2D eigenvalue weighted by Gasteiger charge is -2.21. The maximum Gasteiger partial charge on any atom is 0.231 e. The molecule has 0 saturated heterocycles. The molecule has 1 aliphatic rings. The zero-order valence-corrected chi connectivity index (χ0v) is 12.2. The summed E-state index contributed by atoms with van der Waals surface area (Å²) < 4.78 is 5.48. The molecular weight excluding hydrogens is 250 g/mol. The molecule has 20 heavy (non-hydrogen) atoms. The van der Waals surface area contributed by atoms with Crippen LogP contribution in [0.3, 0.4) is 0 Å². The van der Waals surface area contributed by atoms with Crippen LogP contribution in [0.1, 0.15) is 55.4 Å². The van der Waals surface area contributed by atoms with Crippen LogP contribution in [-0.2, 0) is 0 Å². The lowest BCUT2D eigenvalue weighted by atomic mass is 9.94. The van der Waals surface area contributed by atoms with E-state index in [1.54, 1.807) is 0 Å². The minimum Gasteiger partial charge on any atom is -0.339 e. The van der Waals surface area contributed by atoms with Crippen LogP contribution in [-0.4, -0.2) is 17.2 Å². The van der Waals surface area contributed by atoms with Crippen LogP contribution in [0.15, 0.2) is 34.9 Å². The predicted molar refractivity (Wildman–Crippen MR) is 77.5 cm³/mol. The average molecular weight is 271 g/mol. The fourth-order valence-corrected chi connectivity index (χ4v) is 2.77. The number of aromatic nitrogens is 2. The summed E-state index contributed by atoms with van der Waals surface area (Å²) in [4.78, 5) is 4.60. The molecule has 4 heteroatoms. The molecule has 0 amide bonds. The van der Waals surface area contributed by atoms with Gasteiger partial charge in [0.25, 0.3) is 0 Å². The third kappa shape index (κ3) is 2.48. The zero-order valence-electron chi connectivity index (χ0n) is 12.2. The van der Waals surface area contributed by atoms with Gasteiger partial charge >= 0.3 is 0 Å². The van der Waals surface area contributed by atoms with Crippen molar-refractivity contribution in [3.8, 4) is 0 Å². The Hall–Kier alpha value is -1.68. The van der Waals surface area contributed by atoms with Gasteiger partial charge in [0.05, 0.1) is 5.92 Å². The minimum atomic E-state index is 0.151. The quantitative estimate of drug-likeness (QED) is 0.907. The van der Waals surface area contributed by atoms with Crippen LogP contribution in [0.2, 0.25) is 0 Å². The Bertz CT molecular complexity index is 566. The van der Waals surface area contributed by atoms with Gasteiger partial charge in [-0.15, -0.1) is 0 Å². The molecule has 1 saturated carbocycles. The molecule has 1 fully saturated rings. The second-order valence-corrected chi connectivity index (χ2v) is 5.78. The number of hydrogen-bond donors (Lipinski definition) is 1. The van der Waals surface area contributed by atoms with E-state index < -0.39 is 0 Å². The lowest BCUT2D eigenvalue weighted by Crippen LogP contribution is -2.22. The van der Waals surface area contributed by atoms with Crippen molar-refractivity contribution in [2.75, 3.05) is 7.05 Å². The van der Waals surface area contributed by atoms with Crippen LogP contribution >= 0.6 is 0 Å². The summed E-state index contributed by atoms with van der Waals surface area (Å²) in [6.07, 6.45) is 1.18. The van der Waals surface area contributed by atoms with Gasteiger partial charge in [0, 0.05) is 12.0 Å². The molecule has 1 heterocycles. The molecule has 3 rings (SSSR count). The highest BCUT2D eigenvalue weighted by molar-refractivity contribution is 5.22. The number of nitrogens with zero attached hydrogens (tertiary/aromatic N) is 2.